The summed E-state index contributed by atoms with van der Waals surface area (Å²) < 4.78 is 12.9. The van der Waals surface area contributed by atoms with Crippen molar-refractivity contribution in [3.8, 4) is 0 Å². The second-order valence-electron chi connectivity index (χ2n) is 7.20. The largest absolute Gasteiger partial charge is 0.386 e. The zero-order valence-electron chi connectivity index (χ0n) is 16.0. The molecule has 144 valence electrons. The first-order valence-electron chi connectivity index (χ1n) is 9.02. The van der Waals surface area contributed by atoms with E-state index in [4.69, 9.17) is 0 Å². The lowest BCUT2D eigenvalue weighted by molar-refractivity contribution is -0.139. The van der Waals surface area contributed by atoms with E-state index in [1.165, 1.54) is 29.2 Å². The van der Waals surface area contributed by atoms with Gasteiger partial charge in [0, 0.05) is 25.5 Å². The van der Waals surface area contributed by atoms with Gasteiger partial charge in [0.15, 0.2) is 5.78 Å². The first-order valence-corrected chi connectivity index (χ1v) is 9.02. The lowest BCUT2D eigenvalue weighted by Gasteiger charge is -2.40. The SMILES string of the molecule is CN(C(=O)CCCC(=O)c1ccc(F)cc1)C(C)(C)C(O)c1ccccc1. The Bertz CT molecular complexity index is 772. The van der Waals surface area contributed by atoms with Gasteiger partial charge in [0.2, 0.25) is 5.91 Å². The van der Waals surface area contributed by atoms with E-state index in [-0.39, 0.29) is 30.3 Å². The average Bonchev–Trinajstić information content (AvgIpc) is 2.67. The molecule has 0 aliphatic rings. The number of nitrogens with zero attached hydrogens (tertiary/aromatic N) is 1. The van der Waals surface area contributed by atoms with Crippen molar-refractivity contribution in [1.82, 2.24) is 4.90 Å². The fraction of sp³-hybridized carbons (Fsp3) is 0.364. The van der Waals surface area contributed by atoms with Gasteiger partial charge in [0.1, 0.15) is 11.9 Å². The Kier molecular flexibility index (Phi) is 6.86. The highest BCUT2D eigenvalue weighted by molar-refractivity contribution is 5.96. The highest BCUT2D eigenvalue weighted by atomic mass is 19.1. The van der Waals surface area contributed by atoms with Crippen LogP contribution in [0.5, 0.6) is 0 Å². The molecule has 1 amide bonds. The molecule has 0 fully saturated rings. The highest BCUT2D eigenvalue weighted by Gasteiger charge is 2.35. The van der Waals surface area contributed by atoms with Gasteiger partial charge >= 0.3 is 0 Å². The lowest BCUT2D eigenvalue weighted by atomic mass is 9.89. The van der Waals surface area contributed by atoms with E-state index in [0.717, 1.165) is 5.56 Å². The maximum Gasteiger partial charge on any atom is 0.222 e. The molecule has 2 aromatic carbocycles. The van der Waals surface area contributed by atoms with E-state index in [0.29, 0.717) is 12.0 Å². The number of rotatable bonds is 8. The highest BCUT2D eigenvalue weighted by Crippen LogP contribution is 2.30. The standard InChI is InChI=1S/C22H26FNO3/c1-22(2,21(27)17-8-5-4-6-9-17)24(3)20(26)11-7-10-19(25)16-12-14-18(23)15-13-16/h4-6,8-9,12-15,21,27H,7,10-11H2,1-3H3. The number of amides is 1. The van der Waals surface area contributed by atoms with Crippen LogP contribution in [-0.4, -0.2) is 34.3 Å². The molecular formula is C22H26FNO3. The Hall–Kier alpha value is -2.53. The summed E-state index contributed by atoms with van der Waals surface area (Å²) in [5.41, 5.74) is 0.394. The maximum atomic E-state index is 12.9. The van der Waals surface area contributed by atoms with Crippen molar-refractivity contribution in [2.45, 2.75) is 44.8 Å². The van der Waals surface area contributed by atoms with Gasteiger partial charge < -0.3 is 10.0 Å². The fourth-order valence-corrected chi connectivity index (χ4v) is 2.90. The van der Waals surface area contributed by atoms with Crippen molar-refractivity contribution in [2.24, 2.45) is 0 Å². The monoisotopic (exact) mass is 371 g/mol. The predicted molar refractivity (Wildman–Crippen MR) is 103 cm³/mol. The van der Waals surface area contributed by atoms with Crippen LogP contribution >= 0.6 is 0 Å². The number of carbonyl (C=O) groups excluding carboxylic acids is 2. The first-order chi connectivity index (χ1) is 12.7. The van der Waals surface area contributed by atoms with Gasteiger partial charge in [-0.05, 0) is 50.1 Å². The summed E-state index contributed by atoms with van der Waals surface area (Å²) in [6.45, 7) is 3.62. The zero-order valence-corrected chi connectivity index (χ0v) is 16.0. The second-order valence-corrected chi connectivity index (χ2v) is 7.20. The van der Waals surface area contributed by atoms with Crippen molar-refractivity contribution >= 4 is 11.7 Å². The van der Waals surface area contributed by atoms with Gasteiger partial charge in [-0.2, -0.15) is 0 Å². The Balaban J connectivity index is 1.90. The van der Waals surface area contributed by atoms with Gasteiger partial charge in [-0.25, -0.2) is 4.39 Å². The molecule has 0 aliphatic heterocycles. The van der Waals surface area contributed by atoms with Crippen LogP contribution in [0.4, 0.5) is 4.39 Å². The zero-order chi connectivity index (χ0) is 20.0. The molecule has 5 heteroatoms. The Labute approximate surface area is 159 Å². The Morgan fingerprint density at radius 3 is 2.22 bits per heavy atom. The quantitative estimate of drug-likeness (QED) is 0.709. The van der Waals surface area contributed by atoms with Crippen molar-refractivity contribution in [2.75, 3.05) is 7.05 Å². The minimum atomic E-state index is -0.825. The Morgan fingerprint density at radius 2 is 1.63 bits per heavy atom. The van der Waals surface area contributed by atoms with E-state index in [9.17, 15) is 19.1 Å². The number of carbonyl (C=O) groups is 2. The molecule has 0 bridgehead atoms. The molecule has 1 atom stereocenters. The molecule has 0 aromatic heterocycles. The molecule has 1 N–H and O–H groups in total. The molecule has 27 heavy (non-hydrogen) atoms. The summed E-state index contributed by atoms with van der Waals surface area (Å²) in [6.07, 6.45) is -0.00786. The van der Waals surface area contributed by atoms with Crippen LogP contribution in [0.2, 0.25) is 0 Å². The summed E-state index contributed by atoms with van der Waals surface area (Å²) in [7, 11) is 1.66. The number of halogens is 1. The maximum absolute atomic E-state index is 12.9. The van der Waals surface area contributed by atoms with E-state index in [1.54, 1.807) is 7.05 Å². The van der Waals surface area contributed by atoms with Crippen LogP contribution in [-0.2, 0) is 4.79 Å². The lowest BCUT2D eigenvalue weighted by Crippen LogP contribution is -2.49. The summed E-state index contributed by atoms with van der Waals surface area (Å²) >= 11 is 0. The number of ketones is 1. The van der Waals surface area contributed by atoms with Gasteiger partial charge in [-0.3, -0.25) is 9.59 Å². The summed E-state index contributed by atoms with van der Waals surface area (Å²) in [6, 6.07) is 14.6. The number of hydrogen-bond acceptors (Lipinski definition) is 3. The smallest absolute Gasteiger partial charge is 0.222 e. The molecule has 0 heterocycles. The predicted octanol–water partition coefficient (Wildman–Crippen LogP) is 4.15. The van der Waals surface area contributed by atoms with E-state index in [1.807, 2.05) is 44.2 Å². The van der Waals surface area contributed by atoms with E-state index >= 15 is 0 Å². The van der Waals surface area contributed by atoms with Crippen LogP contribution in [0.3, 0.4) is 0 Å². The second kappa shape index (κ2) is 8.91. The normalized spacial score (nSPS) is 12.5. The van der Waals surface area contributed by atoms with Crippen molar-refractivity contribution in [1.29, 1.82) is 0 Å². The third-order valence-corrected chi connectivity index (χ3v) is 4.98. The first kappa shape index (κ1) is 20.8. The van der Waals surface area contributed by atoms with Crippen LogP contribution in [0.15, 0.2) is 54.6 Å². The van der Waals surface area contributed by atoms with Crippen LogP contribution in [0.25, 0.3) is 0 Å². The molecule has 0 radical (unpaired) electrons. The van der Waals surface area contributed by atoms with Gasteiger partial charge in [-0.1, -0.05) is 30.3 Å². The van der Waals surface area contributed by atoms with E-state index < -0.39 is 11.6 Å². The van der Waals surface area contributed by atoms with Gasteiger partial charge in [-0.15, -0.1) is 0 Å². The number of aliphatic hydroxyl groups is 1. The topological polar surface area (TPSA) is 57.6 Å². The number of likely N-dealkylation sites (N-methyl/N-ethyl adjacent to an activating group) is 1. The van der Waals surface area contributed by atoms with Crippen LogP contribution in [0.1, 0.15) is 55.1 Å². The van der Waals surface area contributed by atoms with Gasteiger partial charge in [0.05, 0.1) is 5.54 Å². The van der Waals surface area contributed by atoms with Crippen LogP contribution < -0.4 is 0 Å². The minimum Gasteiger partial charge on any atom is -0.386 e. The minimum absolute atomic E-state index is 0.117. The third kappa shape index (κ3) is 5.23. The fourth-order valence-electron chi connectivity index (χ4n) is 2.90. The molecule has 0 aliphatic carbocycles. The van der Waals surface area contributed by atoms with Crippen molar-refractivity contribution in [3.05, 3.63) is 71.5 Å². The third-order valence-electron chi connectivity index (χ3n) is 4.98. The number of aliphatic hydroxyl groups excluding tert-OH is 1. The number of Topliss-reactive ketones (excluding diaryl/α,β-unsaturated/α-hetero) is 1. The molecule has 0 saturated heterocycles. The molecule has 1 unspecified atom stereocenters. The summed E-state index contributed by atoms with van der Waals surface area (Å²) in [5.74, 6) is -0.640. The molecule has 2 rings (SSSR count). The van der Waals surface area contributed by atoms with Crippen molar-refractivity contribution in [3.63, 3.8) is 0 Å². The van der Waals surface area contributed by atoms with E-state index in [2.05, 4.69) is 0 Å². The molecular weight excluding hydrogens is 345 g/mol. The average molecular weight is 371 g/mol. The Morgan fingerprint density at radius 1 is 1.04 bits per heavy atom. The number of benzene rings is 2. The molecule has 0 spiro atoms. The summed E-state index contributed by atoms with van der Waals surface area (Å²) in [4.78, 5) is 26.2. The van der Waals surface area contributed by atoms with Gasteiger partial charge in [0.25, 0.3) is 0 Å². The molecule has 0 saturated carbocycles. The van der Waals surface area contributed by atoms with Crippen LogP contribution in [0, 0.1) is 5.82 Å². The van der Waals surface area contributed by atoms with Crippen molar-refractivity contribution < 1.29 is 19.1 Å². The molecule has 4 nitrogen and oxygen atoms in total. The number of hydrogen-bond donors (Lipinski definition) is 1. The molecule has 2 aromatic rings. The summed E-state index contributed by atoms with van der Waals surface area (Å²) in [5, 5.41) is 10.7.